The number of H-pyrrole nitrogens is 1. The lowest BCUT2D eigenvalue weighted by molar-refractivity contribution is 0.629. The van der Waals surface area contributed by atoms with E-state index >= 15 is 0 Å². The molecule has 3 aromatic rings. The summed E-state index contributed by atoms with van der Waals surface area (Å²) in [5.41, 5.74) is 5.41. The molecule has 4 nitrogen and oxygen atoms in total. The summed E-state index contributed by atoms with van der Waals surface area (Å²) < 4.78 is 13.1. The topological polar surface area (TPSA) is 52.7 Å². The number of anilines is 1. The van der Waals surface area contributed by atoms with Crippen LogP contribution in [0.5, 0.6) is 0 Å². The van der Waals surface area contributed by atoms with Gasteiger partial charge < -0.3 is 15.6 Å². The molecule has 21 heavy (non-hydrogen) atoms. The zero-order valence-corrected chi connectivity index (χ0v) is 11.4. The third kappa shape index (κ3) is 2.36. The van der Waals surface area contributed by atoms with Crippen molar-refractivity contribution in [3.8, 4) is 0 Å². The van der Waals surface area contributed by atoms with E-state index < -0.39 is 0 Å². The lowest BCUT2D eigenvalue weighted by Crippen LogP contribution is -2.01. The summed E-state index contributed by atoms with van der Waals surface area (Å²) in [6.07, 6.45) is 0. The number of fused-ring (bicyclic) bond motifs is 2. The fraction of sp³-hybridized carbons (Fsp3) is 0.188. The SMILES string of the molecule is Fc1ccc2nc(NCc3ccc4c(c3)CNC4)[nH]c2c1. The summed E-state index contributed by atoms with van der Waals surface area (Å²) in [4.78, 5) is 7.48. The van der Waals surface area contributed by atoms with Crippen molar-refractivity contribution in [2.75, 3.05) is 5.32 Å². The van der Waals surface area contributed by atoms with Crippen LogP contribution in [0.1, 0.15) is 16.7 Å². The second-order valence-electron chi connectivity index (χ2n) is 5.31. The lowest BCUT2D eigenvalue weighted by atomic mass is 10.1. The molecule has 0 saturated carbocycles. The highest BCUT2D eigenvalue weighted by Gasteiger charge is 2.10. The molecule has 0 spiro atoms. The predicted octanol–water partition coefficient (Wildman–Crippen LogP) is 2.92. The van der Waals surface area contributed by atoms with Crippen LogP contribution < -0.4 is 10.6 Å². The van der Waals surface area contributed by atoms with Crippen LogP contribution in [-0.2, 0) is 19.6 Å². The van der Waals surface area contributed by atoms with Crippen LogP contribution in [0.15, 0.2) is 36.4 Å². The summed E-state index contributed by atoms with van der Waals surface area (Å²) in [5.74, 6) is 0.401. The standard InChI is InChI=1S/C16H15FN4/c17-13-3-4-14-15(6-13)21-16(20-14)19-7-10-1-2-11-8-18-9-12(11)5-10/h1-6,18H,7-9H2,(H2,19,20,21). The van der Waals surface area contributed by atoms with Crippen molar-refractivity contribution in [2.45, 2.75) is 19.6 Å². The van der Waals surface area contributed by atoms with Crippen molar-refractivity contribution in [3.63, 3.8) is 0 Å². The average molecular weight is 282 g/mol. The van der Waals surface area contributed by atoms with Crippen molar-refractivity contribution in [2.24, 2.45) is 0 Å². The van der Waals surface area contributed by atoms with E-state index in [4.69, 9.17) is 0 Å². The van der Waals surface area contributed by atoms with Crippen LogP contribution in [0, 0.1) is 5.82 Å². The zero-order valence-electron chi connectivity index (χ0n) is 11.4. The average Bonchev–Trinajstić information content (AvgIpc) is 3.09. The maximum absolute atomic E-state index is 13.1. The molecule has 0 atom stereocenters. The second kappa shape index (κ2) is 4.86. The van der Waals surface area contributed by atoms with E-state index in [-0.39, 0.29) is 5.82 Å². The van der Waals surface area contributed by atoms with Crippen molar-refractivity contribution in [1.82, 2.24) is 15.3 Å². The van der Waals surface area contributed by atoms with Gasteiger partial charge in [-0.25, -0.2) is 9.37 Å². The van der Waals surface area contributed by atoms with Crippen LogP contribution >= 0.6 is 0 Å². The Morgan fingerprint density at radius 2 is 2.00 bits per heavy atom. The Balaban J connectivity index is 1.52. The minimum absolute atomic E-state index is 0.260. The minimum Gasteiger partial charge on any atom is -0.352 e. The Kier molecular flexibility index (Phi) is 2.86. The number of rotatable bonds is 3. The van der Waals surface area contributed by atoms with Gasteiger partial charge in [0.2, 0.25) is 5.95 Å². The van der Waals surface area contributed by atoms with Gasteiger partial charge in [0, 0.05) is 19.6 Å². The summed E-state index contributed by atoms with van der Waals surface area (Å²) in [6.45, 7) is 2.58. The van der Waals surface area contributed by atoms with Gasteiger partial charge >= 0.3 is 0 Å². The fourth-order valence-electron chi connectivity index (χ4n) is 2.71. The first-order chi connectivity index (χ1) is 10.3. The molecule has 106 valence electrons. The van der Waals surface area contributed by atoms with Gasteiger partial charge in [-0.15, -0.1) is 0 Å². The smallest absolute Gasteiger partial charge is 0.201 e. The highest BCUT2D eigenvalue weighted by molar-refractivity contribution is 5.77. The second-order valence-corrected chi connectivity index (χ2v) is 5.31. The van der Waals surface area contributed by atoms with Crippen LogP contribution in [0.4, 0.5) is 10.3 Å². The van der Waals surface area contributed by atoms with E-state index in [1.54, 1.807) is 6.07 Å². The van der Waals surface area contributed by atoms with E-state index in [1.807, 2.05) is 0 Å². The molecule has 1 aromatic heterocycles. The molecule has 0 unspecified atom stereocenters. The molecule has 0 aliphatic carbocycles. The van der Waals surface area contributed by atoms with Gasteiger partial charge in [0.05, 0.1) is 11.0 Å². The van der Waals surface area contributed by atoms with Crippen molar-refractivity contribution < 1.29 is 4.39 Å². The van der Waals surface area contributed by atoms with Gasteiger partial charge in [-0.05, 0) is 34.9 Å². The molecule has 0 radical (unpaired) electrons. The Morgan fingerprint density at radius 1 is 1.10 bits per heavy atom. The first-order valence-electron chi connectivity index (χ1n) is 6.98. The third-order valence-corrected chi connectivity index (χ3v) is 3.81. The van der Waals surface area contributed by atoms with Gasteiger partial charge in [-0.3, -0.25) is 0 Å². The number of halogens is 1. The van der Waals surface area contributed by atoms with Gasteiger partial charge in [0.15, 0.2) is 0 Å². The van der Waals surface area contributed by atoms with Crippen LogP contribution in [-0.4, -0.2) is 9.97 Å². The summed E-state index contributed by atoms with van der Waals surface area (Å²) >= 11 is 0. The summed E-state index contributed by atoms with van der Waals surface area (Å²) in [7, 11) is 0. The van der Waals surface area contributed by atoms with E-state index in [1.165, 1.54) is 28.8 Å². The number of nitrogens with one attached hydrogen (secondary N) is 3. The molecule has 4 rings (SSSR count). The van der Waals surface area contributed by atoms with E-state index in [0.29, 0.717) is 18.0 Å². The Bertz CT molecular complexity index is 809. The molecule has 1 aliphatic rings. The number of benzene rings is 2. The molecular formula is C16H15FN4. The molecule has 0 saturated heterocycles. The Hall–Kier alpha value is -2.40. The lowest BCUT2D eigenvalue weighted by Gasteiger charge is -2.05. The molecule has 1 aliphatic heterocycles. The number of nitrogens with zero attached hydrogens (tertiary/aromatic N) is 1. The fourth-order valence-corrected chi connectivity index (χ4v) is 2.71. The molecule has 5 heteroatoms. The third-order valence-electron chi connectivity index (χ3n) is 3.81. The van der Waals surface area contributed by atoms with Crippen molar-refractivity contribution in [3.05, 3.63) is 58.9 Å². The normalized spacial score (nSPS) is 13.6. The number of imidazole rings is 1. The summed E-state index contributed by atoms with van der Waals surface area (Å²) in [6, 6.07) is 11.1. The number of aromatic amines is 1. The predicted molar refractivity (Wildman–Crippen MR) is 80.4 cm³/mol. The zero-order chi connectivity index (χ0) is 14.2. The van der Waals surface area contributed by atoms with E-state index in [9.17, 15) is 4.39 Å². The van der Waals surface area contributed by atoms with Gasteiger partial charge in [-0.1, -0.05) is 18.2 Å². The Morgan fingerprint density at radius 3 is 2.95 bits per heavy atom. The molecule has 0 amide bonds. The van der Waals surface area contributed by atoms with Crippen LogP contribution in [0.25, 0.3) is 11.0 Å². The van der Waals surface area contributed by atoms with Crippen LogP contribution in [0.2, 0.25) is 0 Å². The Labute approximate surface area is 121 Å². The van der Waals surface area contributed by atoms with Gasteiger partial charge in [0.25, 0.3) is 0 Å². The highest BCUT2D eigenvalue weighted by atomic mass is 19.1. The van der Waals surface area contributed by atoms with E-state index in [0.717, 1.165) is 18.6 Å². The van der Waals surface area contributed by atoms with Crippen molar-refractivity contribution >= 4 is 17.0 Å². The maximum Gasteiger partial charge on any atom is 0.201 e. The molecule has 0 fully saturated rings. The van der Waals surface area contributed by atoms with E-state index in [2.05, 4.69) is 38.8 Å². The molecule has 2 aromatic carbocycles. The minimum atomic E-state index is -0.260. The molecule has 2 heterocycles. The van der Waals surface area contributed by atoms with Gasteiger partial charge in [-0.2, -0.15) is 0 Å². The number of aromatic nitrogens is 2. The number of hydrogen-bond donors (Lipinski definition) is 3. The monoisotopic (exact) mass is 282 g/mol. The molecule has 3 N–H and O–H groups in total. The molecule has 0 bridgehead atoms. The first-order valence-corrected chi connectivity index (χ1v) is 6.98. The molecular weight excluding hydrogens is 267 g/mol. The number of hydrogen-bond acceptors (Lipinski definition) is 3. The first kappa shape index (κ1) is 12.3. The maximum atomic E-state index is 13.1. The van der Waals surface area contributed by atoms with Crippen molar-refractivity contribution in [1.29, 1.82) is 0 Å². The van der Waals surface area contributed by atoms with Gasteiger partial charge in [0.1, 0.15) is 5.82 Å². The summed E-state index contributed by atoms with van der Waals surface area (Å²) in [5, 5.41) is 6.59. The highest BCUT2D eigenvalue weighted by Crippen LogP contribution is 2.19. The quantitative estimate of drug-likeness (QED) is 0.692. The largest absolute Gasteiger partial charge is 0.352 e. The van der Waals surface area contributed by atoms with Crippen LogP contribution in [0.3, 0.4) is 0 Å².